The van der Waals surface area contributed by atoms with Gasteiger partial charge >= 0.3 is 0 Å². The van der Waals surface area contributed by atoms with Gasteiger partial charge in [-0.3, -0.25) is 0 Å². The molecule has 184 valence electrons. The Bertz CT molecular complexity index is 488. The Hall–Kier alpha value is 0.600. The quantitative estimate of drug-likeness (QED) is 0.141. The van der Waals surface area contributed by atoms with Crippen molar-refractivity contribution >= 4 is 10.0 Å². The second-order valence-electron chi connectivity index (χ2n) is 10.8. The zero-order valence-corrected chi connectivity index (χ0v) is 24.0. The van der Waals surface area contributed by atoms with Crippen molar-refractivity contribution in [1.82, 2.24) is 4.72 Å². The third-order valence-corrected chi connectivity index (χ3v) is 6.85. The summed E-state index contributed by atoms with van der Waals surface area (Å²) in [5.74, 6) is 0.269. The van der Waals surface area contributed by atoms with Gasteiger partial charge in [0.25, 0.3) is 0 Å². The summed E-state index contributed by atoms with van der Waals surface area (Å²) < 4.78 is 28.2. The maximum absolute atomic E-state index is 12.2. The van der Waals surface area contributed by atoms with Gasteiger partial charge in [0.15, 0.2) is 0 Å². The molecule has 1 N–H and O–H groups in total. The lowest BCUT2D eigenvalue weighted by atomic mass is 9.93. The predicted molar refractivity (Wildman–Crippen MR) is 129 cm³/mol. The van der Waals surface area contributed by atoms with Crippen LogP contribution in [0.1, 0.15) is 111 Å². The number of sulfonamides is 1. The van der Waals surface area contributed by atoms with E-state index in [1.54, 1.807) is 0 Å². The lowest BCUT2D eigenvalue weighted by Gasteiger charge is -2.34. The smallest absolute Gasteiger partial charge is 0.211 e. The van der Waals surface area contributed by atoms with Crippen molar-refractivity contribution in [3.05, 3.63) is 0 Å². The number of quaternary nitrogens is 1. The minimum absolute atomic E-state index is 0. The van der Waals surface area contributed by atoms with Crippen LogP contribution in [0.5, 0.6) is 0 Å². The van der Waals surface area contributed by atoms with Crippen LogP contribution in [-0.2, 0) is 10.0 Å². The molecular formula is C24H53IN2O2S. The molecule has 0 unspecified atom stereocenters. The van der Waals surface area contributed by atoms with Crippen molar-refractivity contribution < 1.29 is 36.9 Å². The molecule has 0 aromatic rings. The largest absolute Gasteiger partial charge is 1.00 e. The Balaban J connectivity index is 0. The number of nitrogens with one attached hydrogen (secondary N) is 1. The summed E-state index contributed by atoms with van der Waals surface area (Å²) in [7, 11) is 3.29. The predicted octanol–water partition coefficient (Wildman–Crippen LogP) is 3.12. The highest BCUT2D eigenvalue weighted by molar-refractivity contribution is 7.89. The first kappa shape index (κ1) is 32.8. The van der Waals surface area contributed by atoms with Crippen molar-refractivity contribution in [3.63, 3.8) is 0 Å². The standard InChI is InChI=1S/C24H53N2O2S.HI/c1-7-8-9-10-11-12-13-14-15-16-17-18-19-20-21-29(27,28)25-22-24(2,3)23-26(4,5)6;/h25H,7-23H2,1-6H3;1H/q+1;/p-1. The van der Waals surface area contributed by atoms with Gasteiger partial charge in [-0.15, -0.1) is 0 Å². The van der Waals surface area contributed by atoms with Gasteiger partial charge in [0.2, 0.25) is 10.0 Å². The SMILES string of the molecule is CCCCCCCCCCCCCCCCS(=O)(=O)NCC(C)(C)C[N+](C)(C)C.[I-]. The van der Waals surface area contributed by atoms with Crippen LogP contribution in [0, 0.1) is 5.41 Å². The molecule has 4 nitrogen and oxygen atoms in total. The van der Waals surface area contributed by atoms with Crippen molar-refractivity contribution in [2.45, 2.75) is 111 Å². The molecule has 0 fully saturated rings. The van der Waals surface area contributed by atoms with Crippen molar-refractivity contribution in [3.8, 4) is 0 Å². The minimum Gasteiger partial charge on any atom is -1.00 e. The van der Waals surface area contributed by atoms with Gasteiger partial charge in [-0.2, -0.15) is 0 Å². The highest BCUT2D eigenvalue weighted by atomic mass is 127. The monoisotopic (exact) mass is 560 g/mol. The van der Waals surface area contributed by atoms with E-state index < -0.39 is 10.0 Å². The number of rotatable bonds is 20. The molecule has 0 saturated carbocycles. The van der Waals surface area contributed by atoms with Gasteiger partial charge < -0.3 is 28.5 Å². The number of unbranched alkanes of at least 4 members (excludes halogenated alkanes) is 13. The van der Waals surface area contributed by atoms with E-state index in [9.17, 15) is 8.42 Å². The molecule has 30 heavy (non-hydrogen) atoms. The van der Waals surface area contributed by atoms with E-state index in [4.69, 9.17) is 0 Å². The Morgan fingerprint density at radius 1 is 0.700 bits per heavy atom. The molecule has 0 aliphatic carbocycles. The molecule has 0 spiro atoms. The lowest BCUT2D eigenvalue weighted by Crippen LogP contribution is -3.00. The first-order valence-corrected chi connectivity index (χ1v) is 13.9. The number of hydrogen-bond acceptors (Lipinski definition) is 2. The molecule has 0 atom stereocenters. The Morgan fingerprint density at radius 2 is 1.07 bits per heavy atom. The maximum Gasteiger partial charge on any atom is 0.211 e. The Kier molecular flexibility index (Phi) is 19.7. The molecule has 0 saturated heterocycles. The third kappa shape index (κ3) is 23.3. The van der Waals surface area contributed by atoms with Crippen molar-refractivity contribution in [1.29, 1.82) is 0 Å². The molecule has 0 radical (unpaired) electrons. The lowest BCUT2D eigenvalue weighted by molar-refractivity contribution is -0.876. The van der Waals surface area contributed by atoms with Crippen LogP contribution >= 0.6 is 0 Å². The highest BCUT2D eigenvalue weighted by Crippen LogP contribution is 2.18. The van der Waals surface area contributed by atoms with E-state index in [1.165, 1.54) is 77.0 Å². The number of halogens is 1. The third-order valence-electron chi connectivity index (χ3n) is 5.44. The maximum atomic E-state index is 12.2. The molecule has 0 aliphatic heterocycles. The van der Waals surface area contributed by atoms with E-state index in [2.05, 4.69) is 46.6 Å². The van der Waals surface area contributed by atoms with Crippen LogP contribution in [0.2, 0.25) is 0 Å². The molecule has 0 aromatic heterocycles. The van der Waals surface area contributed by atoms with Crippen molar-refractivity contribution in [2.75, 3.05) is 40.0 Å². The fourth-order valence-electron chi connectivity index (χ4n) is 4.20. The van der Waals surface area contributed by atoms with Crippen molar-refractivity contribution in [2.24, 2.45) is 5.41 Å². The molecule has 6 heteroatoms. The first-order valence-electron chi connectivity index (χ1n) is 12.3. The van der Waals surface area contributed by atoms with Crippen LogP contribution in [0.4, 0.5) is 0 Å². The molecular weight excluding hydrogens is 507 g/mol. The topological polar surface area (TPSA) is 46.2 Å². The van der Waals surface area contributed by atoms with E-state index in [0.29, 0.717) is 6.54 Å². The van der Waals surface area contributed by atoms with E-state index in [1.807, 2.05) is 0 Å². The van der Waals surface area contributed by atoms with Gasteiger partial charge in [0.1, 0.15) is 0 Å². The van der Waals surface area contributed by atoms with Gasteiger partial charge in [-0.25, -0.2) is 13.1 Å². The normalized spacial score (nSPS) is 12.7. The Labute approximate surface area is 207 Å². The minimum atomic E-state index is -3.14. The van der Waals surface area contributed by atoms with Crippen LogP contribution in [-0.4, -0.2) is 52.9 Å². The molecule has 0 rings (SSSR count). The van der Waals surface area contributed by atoms with Crippen LogP contribution < -0.4 is 28.7 Å². The van der Waals surface area contributed by atoms with Crippen LogP contribution in [0.3, 0.4) is 0 Å². The zero-order chi connectivity index (χ0) is 22.2. The van der Waals surface area contributed by atoms with E-state index in [0.717, 1.165) is 23.9 Å². The van der Waals surface area contributed by atoms with E-state index >= 15 is 0 Å². The average Bonchev–Trinajstić information content (AvgIpc) is 2.58. The van der Waals surface area contributed by atoms with Gasteiger partial charge in [0, 0.05) is 12.0 Å². The molecule has 0 aromatic carbocycles. The summed E-state index contributed by atoms with van der Waals surface area (Å²) in [4.78, 5) is 0. The second kappa shape index (κ2) is 18.1. The molecule has 0 amide bonds. The zero-order valence-electron chi connectivity index (χ0n) is 21.1. The summed E-state index contributed by atoms with van der Waals surface area (Å²) in [6.45, 7) is 7.99. The van der Waals surface area contributed by atoms with Gasteiger partial charge in [-0.1, -0.05) is 104 Å². The van der Waals surface area contributed by atoms with Gasteiger partial charge in [0.05, 0.1) is 33.4 Å². The first-order chi connectivity index (χ1) is 13.5. The molecule has 0 heterocycles. The summed E-state index contributed by atoms with van der Waals surface area (Å²) in [6.07, 6.45) is 18.0. The fraction of sp³-hybridized carbons (Fsp3) is 1.00. The second-order valence-corrected chi connectivity index (χ2v) is 12.8. The van der Waals surface area contributed by atoms with Crippen LogP contribution in [0.15, 0.2) is 0 Å². The highest BCUT2D eigenvalue weighted by Gasteiger charge is 2.27. The molecule has 0 aliphatic rings. The molecule has 0 bridgehead atoms. The number of nitrogens with zero attached hydrogens (tertiary/aromatic N) is 1. The summed E-state index contributed by atoms with van der Waals surface area (Å²) in [6, 6.07) is 0. The summed E-state index contributed by atoms with van der Waals surface area (Å²) >= 11 is 0. The fourth-order valence-corrected chi connectivity index (χ4v) is 5.54. The summed E-state index contributed by atoms with van der Waals surface area (Å²) in [5.41, 5.74) is -0.0408. The summed E-state index contributed by atoms with van der Waals surface area (Å²) in [5, 5.41) is 0. The van der Waals surface area contributed by atoms with Gasteiger partial charge in [-0.05, 0) is 6.42 Å². The van der Waals surface area contributed by atoms with Crippen LogP contribution in [0.25, 0.3) is 0 Å². The van der Waals surface area contributed by atoms with E-state index in [-0.39, 0.29) is 35.1 Å². The number of hydrogen-bond donors (Lipinski definition) is 1. The average molecular weight is 561 g/mol. The Morgan fingerprint density at radius 3 is 1.43 bits per heavy atom.